The van der Waals surface area contributed by atoms with Crippen molar-refractivity contribution in [3.63, 3.8) is 0 Å². The minimum Gasteiger partial charge on any atom is -0.258 e. The van der Waals surface area contributed by atoms with Crippen LogP contribution in [-0.2, 0) is 0 Å². The van der Waals surface area contributed by atoms with Crippen molar-refractivity contribution in [2.45, 2.75) is 110 Å². The van der Waals surface area contributed by atoms with Crippen molar-refractivity contribution in [3.05, 3.63) is 90.4 Å². The number of thioether (sulfide) groups is 2. The van der Waals surface area contributed by atoms with Crippen molar-refractivity contribution in [2.24, 2.45) is 0 Å². The summed E-state index contributed by atoms with van der Waals surface area (Å²) in [5.41, 5.74) is -2.24. The van der Waals surface area contributed by atoms with Gasteiger partial charge in [0.2, 0.25) is 0 Å². The monoisotopic (exact) mass is 684 g/mol. The molecule has 2 aliphatic rings. The lowest BCUT2D eigenvalue weighted by molar-refractivity contribution is -0.395. The second kappa shape index (κ2) is 17.4. The molecule has 1 aliphatic heterocycles. The molecule has 4 rings (SSSR count). The van der Waals surface area contributed by atoms with E-state index >= 15 is 0 Å². The Bertz CT molecular complexity index is 1510. The Labute approximate surface area is 282 Å². The zero-order valence-electron chi connectivity index (χ0n) is 26.6. The average molecular weight is 685 g/mol. The van der Waals surface area contributed by atoms with Crippen LogP contribution < -0.4 is 0 Å². The van der Waals surface area contributed by atoms with Gasteiger partial charge in [-0.1, -0.05) is 120 Å². The van der Waals surface area contributed by atoms with Crippen molar-refractivity contribution >= 4 is 51.8 Å². The van der Waals surface area contributed by atoms with Crippen LogP contribution in [0.15, 0.2) is 38.8 Å². The molecular weight excluding hydrogens is 645 g/mol. The first-order chi connectivity index (χ1) is 22.6. The lowest BCUT2D eigenvalue weighted by Crippen LogP contribution is -1.99. The Balaban J connectivity index is 1.40. The third-order valence-electron chi connectivity index (χ3n) is 8.56. The largest absolute Gasteiger partial charge is 0.284 e. The van der Waals surface area contributed by atoms with Crippen molar-refractivity contribution in [1.82, 2.24) is 0 Å². The minimum absolute atomic E-state index is 0.0844. The van der Waals surface area contributed by atoms with Crippen LogP contribution in [0.3, 0.4) is 0 Å². The van der Waals surface area contributed by atoms with Gasteiger partial charge in [-0.25, -0.2) is 0 Å². The lowest BCUT2D eigenvalue weighted by Gasteiger charge is -2.08. The van der Waals surface area contributed by atoms with E-state index in [9.17, 15) is 40.5 Å². The quantitative estimate of drug-likeness (QED) is 0.0632. The number of non-ortho nitro benzene ring substituents is 2. The summed E-state index contributed by atoms with van der Waals surface area (Å²) in [5.74, 6) is 0. The van der Waals surface area contributed by atoms with Gasteiger partial charge in [0, 0.05) is 28.8 Å². The number of allylic oxidation sites excluding steroid dienone is 1. The zero-order chi connectivity index (χ0) is 33.9. The van der Waals surface area contributed by atoms with Gasteiger partial charge < -0.3 is 0 Å². The summed E-state index contributed by atoms with van der Waals surface area (Å²) >= 11 is 2.72. The summed E-state index contributed by atoms with van der Waals surface area (Å²) in [4.78, 5) is 45.5. The molecule has 0 atom stereocenters. The highest BCUT2D eigenvalue weighted by Gasteiger charge is 2.42. The van der Waals surface area contributed by atoms with Gasteiger partial charge in [0.25, 0.3) is 22.7 Å². The highest BCUT2D eigenvalue weighted by atomic mass is 32.2. The van der Waals surface area contributed by atoms with E-state index in [0.717, 1.165) is 54.9 Å². The molecule has 1 heterocycles. The lowest BCUT2D eigenvalue weighted by atomic mass is 10.0. The first-order valence-electron chi connectivity index (χ1n) is 16.4. The molecule has 0 unspecified atom stereocenters. The van der Waals surface area contributed by atoms with Gasteiger partial charge in [0.05, 0.1) is 47.2 Å². The van der Waals surface area contributed by atoms with E-state index in [1.165, 1.54) is 101 Å². The number of nitro benzene ring substituents is 4. The number of unbranched alkanes of at least 4 members (excludes halogenated alkanes) is 14. The highest BCUT2D eigenvalue weighted by Crippen LogP contribution is 2.60. The Kier molecular flexibility index (Phi) is 13.3. The topological polar surface area (TPSA) is 173 Å². The fourth-order valence-electron chi connectivity index (χ4n) is 6.18. The summed E-state index contributed by atoms with van der Waals surface area (Å²) in [6.07, 6.45) is 19.8. The Morgan fingerprint density at radius 1 is 0.553 bits per heavy atom. The van der Waals surface area contributed by atoms with Crippen molar-refractivity contribution < 1.29 is 19.7 Å². The average Bonchev–Trinajstić information content (AvgIpc) is 3.63. The molecule has 0 amide bonds. The number of nitro groups is 4. The molecule has 14 heteroatoms. The Morgan fingerprint density at radius 3 is 1.34 bits per heavy atom. The van der Waals surface area contributed by atoms with E-state index in [4.69, 9.17) is 0 Å². The molecule has 0 radical (unpaired) electrons. The zero-order valence-corrected chi connectivity index (χ0v) is 28.2. The Hall–Kier alpha value is -3.78. The van der Waals surface area contributed by atoms with Gasteiger partial charge in [0.15, 0.2) is 0 Å². The van der Waals surface area contributed by atoms with Gasteiger partial charge in [-0.15, -0.1) is 0 Å². The van der Waals surface area contributed by atoms with Gasteiger partial charge in [-0.2, -0.15) is 0 Å². The highest BCUT2D eigenvalue weighted by molar-refractivity contribution is 8.28. The summed E-state index contributed by atoms with van der Waals surface area (Å²) < 4.78 is 0.616. The van der Waals surface area contributed by atoms with Crippen LogP contribution in [0.4, 0.5) is 22.7 Å². The molecule has 2 aromatic carbocycles. The standard InChI is InChI=1S/C33H40N4O8S2/c1-2-3-4-5-6-7-8-9-10-11-12-13-14-15-16-17-25-22-46-33(47-25)30-26-18-23(34(38)39)20-28(36(42)43)31(26)32-27(30)19-24(35(40)41)21-29(32)37(44)45/h18-22H,2-17H2,1H3. The number of rotatable bonds is 20. The van der Waals surface area contributed by atoms with E-state index in [0.29, 0.717) is 9.81 Å². The molecule has 12 nitrogen and oxygen atoms in total. The van der Waals surface area contributed by atoms with Crippen LogP contribution >= 0.6 is 23.5 Å². The maximum atomic E-state index is 12.1. The van der Waals surface area contributed by atoms with Gasteiger partial charge in [0.1, 0.15) is 0 Å². The van der Waals surface area contributed by atoms with Crippen LogP contribution in [0.5, 0.6) is 0 Å². The molecule has 0 fully saturated rings. The Morgan fingerprint density at radius 2 is 0.957 bits per heavy atom. The number of nitrogens with zero attached hydrogens (tertiary/aromatic N) is 4. The maximum Gasteiger partial charge on any atom is 0.284 e. The van der Waals surface area contributed by atoms with E-state index in [-0.39, 0.29) is 22.3 Å². The van der Waals surface area contributed by atoms with Crippen LogP contribution in [0.1, 0.15) is 121 Å². The van der Waals surface area contributed by atoms with Crippen LogP contribution in [-0.4, -0.2) is 19.7 Å². The molecule has 0 saturated carbocycles. The number of hydrogen-bond donors (Lipinski definition) is 0. The van der Waals surface area contributed by atoms with E-state index in [1.807, 2.05) is 5.41 Å². The van der Waals surface area contributed by atoms with Crippen molar-refractivity contribution in [1.29, 1.82) is 0 Å². The van der Waals surface area contributed by atoms with Crippen LogP contribution in [0.25, 0.3) is 16.7 Å². The third kappa shape index (κ3) is 9.19. The molecule has 0 saturated heterocycles. The number of fused-ring (bicyclic) bond motifs is 3. The summed E-state index contributed by atoms with van der Waals surface area (Å²) in [5, 5.41) is 49.5. The maximum absolute atomic E-state index is 12.1. The molecule has 1 aliphatic carbocycles. The van der Waals surface area contributed by atoms with E-state index in [2.05, 4.69) is 6.92 Å². The second-order valence-corrected chi connectivity index (χ2v) is 14.2. The molecule has 0 aromatic heterocycles. The number of hydrogen-bond acceptors (Lipinski definition) is 10. The first kappa shape index (κ1) is 36.1. The van der Waals surface area contributed by atoms with Gasteiger partial charge in [-0.3, -0.25) is 40.5 Å². The molecule has 0 spiro atoms. The fourth-order valence-corrected chi connectivity index (χ4v) is 8.68. The minimum atomic E-state index is -0.816. The molecule has 0 N–H and O–H groups in total. The third-order valence-corrected chi connectivity index (χ3v) is 11.0. The smallest absolute Gasteiger partial charge is 0.258 e. The molecule has 47 heavy (non-hydrogen) atoms. The SMILES string of the molecule is CCCCCCCCCCCCCCCCCC1=CSC(=C2c3cc([N+](=O)[O-])cc([N+](=O)[O-])c3-c3c2cc([N+](=O)[O-])cc3[N+](=O)[O-])S1. The van der Waals surface area contributed by atoms with Crippen LogP contribution in [0, 0.1) is 40.5 Å². The number of benzene rings is 2. The summed E-state index contributed by atoms with van der Waals surface area (Å²) in [7, 11) is 0. The first-order valence-corrected chi connectivity index (χ1v) is 18.1. The predicted molar refractivity (Wildman–Crippen MR) is 187 cm³/mol. The summed E-state index contributed by atoms with van der Waals surface area (Å²) in [6.45, 7) is 2.24. The molecule has 252 valence electrons. The van der Waals surface area contributed by atoms with E-state index in [1.54, 1.807) is 0 Å². The molecular formula is C33H40N4O8S2. The van der Waals surface area contributed by atoms with Crippen molar-refractivity contribution in [2.75, 3.05) is 0 Å². The second-order valence-electron chi connectivity index (χ2n) is 12.0. The predicted octanol–water partition coefficient (Wildman–Crippen LogP) is 11.6. The molecule has 0 bridgehead atoms. The van der Waals surface area contributed by atoms with Crippen molar-refractivity contribution in [3.8, 4) is 11.1 Å². The van der Waals surface area contributed by atoms with Gasteiger partial charge in [-0.05, 0) is 23.2 Å². The normalized spacial score (nSPS) is 13.4. The fraction of sp³-hybridized carbons (Fsp3) is 0.515. The van der Waals surface area contributed by atoms with E-state index < -0.39 is 42.4 Å². The van der Waals surface area contributed by atoms with Crippen LogP contribution in [0.2, 0.25) is 0 Å². The summed E-state index contributed by atoms with van der Waals surface area (Å²) in [6, 6.07) is 3.87. The molecule has 2 aromatic rings. The van der Waals surface area contributed by atoms with Gasteiger partial charge >= 0.3 is 0 Å².